The van der Waals surface area contributed by atoms with Gasteiger partial charge in [0.2, 0.25) is 6.79 Å². The van der Waals surface area contributed by atoms with Gasteiger partial charge in [-0.15, -0.1) is 0 Å². The first-order valence-corrected chi connectivity index (χ1v) is 5.05. The first-order valence-electron chi connectivity index (χ1n) is 5.05. The number of rotatable bonds is 3. The van der Waals surface area contributed by atoms with E-state index in [0.717, 1.165) is 7.11 Å². The highest BCUT2D eigenvalue weighted by Crippen LogP contribution is 2.33. The Morgan fingerprint density at radius 2 is 2.06 bits per heavy atom. The van der Waals surface area contributed by atoms with Gasteiger partial charge in [-0.3, -0.25) is 0 Å². The van der Waals surface area contributed by atoms with E-state index in [1.54, 1.807) is 18.2 Å². The molecule has 0 unspecified atom stereocenters. The second kappa shape index (κ2) is 4.79. The molecule has 0 bridgehead atoms. The van der Waals surface area contributed by atoms with Crippen LogP contribution in [0.2, 0.25) is 0 Å². The Kier molecular flexibility index (Phi) is 3.18. The van der Waals surface area contributed by atoms with Crippen molar-refractivity contribution in [2.24, 2.45) is 0 Å². The molecular weight excluding hydrogens is 240 g/mol. The average Bonchev–Trinajstić information content (AvgIpc) is 2.82. The Morgan fingerprint density at radius 3 is 2.72 bits per heavy atom. The number of ether oxygens (including phenoxy) is 3. The molecule has 0 atom stereocenters. The smallest absolute Gasteiger partial charge is 0.345 e. The van der Waals surface area contributed by atoms with Gasteiger partial charge >= 0.3 is 11.9 Å². The number of esters is 1. The maximum absolute atomic E-state index is 11.3. The molecule has 0 spiro atoms. The maximum Gasteiger partial charge on any atom is 0.345 e. The number of benzene rings is 1. The highest BCUT2D eigenvalue weighted by atomic mass is 16.7. The molecule has 6 nitrogen and oxygen atoms in total. The molecule has 1 N–H and O–H groups in total. The predicted octanol–water partition coefficient (Wildman–Crippen LogP) is 1.06. The van der Waals surface area contributed by atoms with Gasteiger partial charge in [-0.2, -0.15) is 0 Å². The van der Waals surface area contributed by atoms with Crippen LogP contribution in [0.5, 0.6) is 11.5 Å². The molecule has 0 amide bonds. The quantitative estimate of drug-likeness (QED) is 0.374. The van der Waals surface area contributed by atoms with E-state index >= 15 is 0 Å². The summed E-state index contributed by atoms with van der Waals surface area (Å²) < 4.78 is 14.7. The topological polar surface area (TPSA) is 82.1 Å². The molecule has 1 heterocycles. The van der Waals surface area contributed by atoms with Crippen molar-refractivity contribution in [3.05, 3.63) is 29.3 Å². The second-order valence-corrected chi connectivity index (χ2v) is 3.47. The number of carbonyl (C=O) groups excluding carboxylic acids is 1. The van der Waals surface area contributed by atoms with Gasteiger partial charge < -0.3 is 19.3 Å². The monoisotopic (exact) mass is 250 g/mol. The zero-order chi connectivity index (χ0) is 13.1. The van der Waals surface area contributed by atoms with Crippen LogP contribution in [-0.2, 0) is 14.3 Å². The summed E-state index contributed by atoms with van der Waals surface area (Å²) in [6.07, 6.45) is 1.22. The Labute approximate surface area is 102 Å². The van der Waals surface area contributed by atoms with E-state index in [-0.39, 0.29) is 6.79 Å². The number of carbonyl (C=O) groups is 2. The second-order valence-electron chi connectivity index (χ2n) is 3.47. The molecule has 0 aliphatic carbocycles. The molecule has 0 saturated carbocycles. The normalized spacial score (nSPS) is 13.3. The summed E-state index contributed by atoms with van der Waals surface area (Å²) in [7, 11) is 1.12. The first-order chi connectivity index (χ1) is 8.61. The number of carboxylic acids is 1. The van der Waals surface area contributed by atoms with Crippen LogP contribution in [0.15, 0.2) is 23.8 Å². The third-order valence-corrected chi connectivity index (χ3v) is 2.34. The summed E-state index contributed by atoms with van der Waals surface area (Å²) in [5, 5.41) is 8.90. The van der Waals surface area contributed by atoms with Gasteiger partial charge in [-0.25, -0.2) is 9.59 Å². The average molecular weight is 250 g/mol. The molecule has 94 valence electrons. The fourth-order valence-corrected chi connectivity index (χ4v) is 1.49. The lowest BCUT2D eigenvalue weighted by atomic mass is 10.1. The van der Waals surface area contributed by atoms with Gasteiger partial charge in [0.25, 0.3) is 0 Å². The molecule has 18 heavy (non-hydrogen) atoms. The van der Waals surface area contributed by atoms with Crippen LogP contribution in [-0.4, -0.2) is 30.9 Å². The lowest BCUT2D eigenvalue weighted by molar-refractivity contribution is -0.142. The number of hydrogen-bond donors (Lipinski definition) is 1. The van der Waals surface area contributed by atoms with Gasteiger partial charge in [-0.1, -0.05) is 6.07 Å². The zero-order valence-corrected chi connectivity index (χ0v) is 9.50. The first kappa shape index (κ1) is 12.0. The molecular formula is C12H10O6. The molecule has 1 aromatic carbocycles. The van der Waals surface area contributed by atoms with Crippen LogP contribution >= 0.6 is 0 Å². The number of aliphatic carboxylic acids is 1. The van der Waals surface area contributed by atoms with E-state index in [1.807, 2.05) is 0 Å². The van der Waals surface area contributed by atoms with Crippen LogP contribution in [0, 0.1) is 0 Å². The minimum atomic E-state index is -1.35. The van der Waals surface area contributed by atoms with Crippen LogP contribution in [0.3, 0.4) is 0 Å². The van der Waals surface area contributed by atoms with Gasteiger partial charge in [0, 0.05) is 0 Å². The van der Waals surface area contributed by atoms with E-state index in [1.165, 1.54) is 6.08 Å². The number of methoxy groups -OCH3 is 1. The van der Waals surface area contributed by atoms with Gasteiger partial charge in [0.15, 0.2) is 11.5 Å². The summed E-state index contributed by atoms with van der Waals surface area (Å²) in [6.45, 7) is 0.130. The van der Waals surface area contributed by atoms with Crippen LogP contribution in [0.1, 0.15) is 5.56 Å². The number of carboxylic acid groups (broad SMARTS) is 1. The van der Waals surface area contributed by atoms with Crippen LogP contribution in [0.4, 0.5) is 0 Å². The standard InChI is InChI=1S/C12H10O6/c1-16-12(15)8(11(13)14)4-7-2-3-9-10(5-7)18-6-17-9/h2-5H,6H2,1H3,(H,13,14). The van der Waals surface area contributed by atoms with E-state index in [2.05, 4.69) is 4.74 Å². The van der Waals surface area contributed by atoms with Gasteiger partial charge in [0.05, 0.1) is 7.11 Å². The summed E-state index contributed by atoms with van der Waals surface area (Å²) >= 11 is 0. The van der Waals surface area contributed by atoms with Crippen molar-refractivity contribution < 1.29 is 28.9 Å². The predicted molar refractivity (Wildman–Crippen MR) is 60.2 cm³/mol. The molecule has 6 heteroatoms. The van der Waals surface area contributed by atoms with E-state index < -0.39 is 17.5 Å². The SMILES string of the molecule is COC(=O)C(=Cc1ccc2c(c1)OCO2)C(=O)O. The number of fused-ring (bicyclic) bond motifs is 1. The summed E-state index contributed by atoms with van der Waals surface area (Å²) in [4.78, 5) is 22.2. The van der Waals surface area contributed by atoms with Crippen LogP contribution in [0.25, 0.3) is 6.08 Å². The minimum absolute atomic E-state index is 0.130. The van der Waals surface area contributed by atoms with E-state index in [4.69, 9.17) is 14.6 Å². The van der Waals surface area contributed by atoms with E-state index in [9.17, 15) is 9.59 Å². The van der Waals surface area contributed by atoms with Crippen LogP contribution < -0.4 is 9.47 Å². The Morgan fingerprint density at radius 1 is 1.33 bits per heavy atom. The fourth-order valence-electron chi connectivity index (χ4n) is 1.49. The third-order valence-electron chi connectivity index (χ3n) is 2.34. The Bertz CT molecular complexity index is 531. The maximum atomic E-state index is 11.3. The molecule has 0 saturated heterocycles. The lowest BCUT2D eigenvalue weighted by Gasteiger charge is -2.01. The highest BCUT2D eigenvalue weighted by Gasteiger charge is 2.19. The van der Waals surface area contributed by atoms with Crippen molar-refractivity contribution >= 4 is 18.0 Å². The van der Waals surface area contributed by atoms with Crippen molar-refractivity contribution in [2.45, 2.75) is 0 Å². The highest BCUT2D eigenvalue weighted by molar-refractivity contribution is 6.16. The van der Waals surface area contributed by atoms with Crippen molar-refractivity contribution in [1.82, 2.24) is 0 Å². The minimum Gasteiger partial charge on any atom is -0.477 e. The molecule has 0 radical (unpaired) electrons. The molecule has 1 aromatic rings. The van der Waals surface area contributed by atoms with E-state index in [0.29, 0.717) is 17.1 Å². The lowest BCUT2D eigenvalue weighted by Crippen LogP contribution is -2.13. The summed E-state index contributed by atoms with van der Waals surface area (Å²) in [5.41, 5.74) is 0.0680. The largest absolute Gasteiger partial charge is 0.477 e. The van der Waals surface area contributed by atoms with Crippen molar-refractivity contribution in [1.29, 1.82) is 0 Å². The van der Waals surface area contributed by atoms with Crippen molar-refractivity contribution in [3.63, 3.8) is 0 Å². The van der Waals surface area contributed by atoms with Crippen molar-refractivity contribution in [3.8, 4) is 11.5 Å². The molecule has 0 aromatic heterocycles. The molecule has 2 rings (SSSR count). The Hall–Kier alpha value is -2.50. The Balaban J connectivity index is 2.35. The van der Waals surface area contributed by atoms with Gasteiger partial charge in [0.1, 0.15) is 5.57 Å². The van der Waals surface area contributed by atoms with Crippen molar-refractivity contribution in [2.75, 3.05) is 13.9 Å². The number of hydrogen-bond acceptors (Lipinski definition) is 5. The van der Waals surface area contributed by atoms with Gasteiger partial charge in [-0.05, 0) is 23.8 Å². The third kappa shape index (κ3) is 2.27. The molecule has 1 aliphatic heterocycles. The molecule has 0 fully saturated rings. The zero-order valence-electron chi connectivity index (χ0n) is 9.50. The summed E-state index contributed by atoms with van der Waals surface area (Å²) in [5.74, 6) is -1.15. The fraction of sp³-hybridized carbons (Fsp3) is 0.167. The molecule has 1 aliphatic rings. The summed E-state index contributed by atoms with van der Waals surface area (Å²) in [6, 6.07) is 4.86.